The van der Waals surface area contributed by atoms with Crippen molar-refractivity contribution < 1.29 is 24.5 Å². The fraction of sp³-hybridized carbons (Fsp3) is 0.700. The number of rotatable bonds is 4. The van der Waals surface area contributed by atoms with Crippen molar-refractivity contribution in [2.75, 3.05) is 6.61 Å². The third-order valence-electron chi connectivity index (χ3n) is 7.19. The maximum atomic E-state index is 12.4. The van der Waals surface area contributed by atoms with Gasteiger partial charge in [-0.05, 0) is 61.9 Å². The smallest absolute Gasteiger partial charge is 0.331 e. The van der Waals surface area contributed by atoms with E-state index in [4.69, 9.17) is 4.74 Å². The van der Waals surface area contributed by atoms with E-state index in [1.54, 1.807) is 6.08 Å². The number of ether oxygens (including phenoxy) is 1. The molecule has 1 aliphatic heterocycles. The van der Waals surface area contributed by atoms with Crippen LogP contribution in [0.1, 0.15) is 52.9 Å². The number of aliphatic hydroxyl groups excluding tert-OH is 1. The van der Waals surface area contributed by atoms with Crippen LogP contribution in [-0.4, -0.2) is 34.9 Å². The van der Waals surface area contributed by atoms with Crippen LogP contribution in [0.5, 0.6) is 0 Å². The van der Waals surface area contributed by atoms with E-state index >= 15 is 0 Å². The molecular formula is C20H28O5. The maximum Gasteiger partial charge on any atom is 0.331 e. The average molecular weight is 348 g/mol. The number of hydrogen-bond acceptors (Lipinski definition) is 4. The first-order valence-electron chi connectivity index (χ1n) is 9.17. The summed E-state index contributed by atoms with van der Waals surface area (Å²) in [5.74, 6) is -1.09. The first-order chi connectivity index (χ1) is 11.7. The summed E-state index contributed by atoms with van der Waals surface area (Å²) in [6.07, 6.45) is 6.33. The Hall–Kier alpha value is -1.62. The van der Waals surface area contributed by atoms with Gasteiger partial charge in [0.1, 0.15) is 12.0 Å². The van der Waals surface area contributed by atoms with Gasteiger partial charge in [-0.25, -0.2) is 4.79 Å². The van der Waals surface area contributed by atoms with Crippen molar-refractivity contribution >= 4 is 11.9 Å². The predicted octanol–water partition coefficient (Wildman–Crippen LogP) is 3.08. The molecule has 5 heteroatoms. The Morgan fingerprint density at radius 3 is 2.76 bits per heavy atom. The lowest BCUT2D eigenvalue weighted by Gasteiger charge is -2.59. The maximum absolute atomic E-state index is 12.4. The molecule has 1 saturated carbocycles. The van der Waals surface area contributed by atoms with E-state index in [9.17, 15) is 19.8 Å². The van der Waals surface area contributed by atoms with E-state index in [-0.39, 0.29) is 23.2 Å². The highest BCUT2D eigenvalue weighted by Gasteiger charge is 2.63. The van der Waals surface area contributed by atoms with E-state index < -0.39 is 17.5 Å². The summed E-state index contributed by atoms with van der Waals surface area (Å²) in [7, 11) is 0. The molecule has 0 aromatic rings. The number of allylic oxidation sites excluding steroid dienone is 1. The standard InChI is InChI=1S/C20H28O5/c1-12-5-4-6-15-19(3,8-7-14-10-17(22)25-11-14)13(2)9-16(21)20(12,15)18(23)24/h5,10,13,15-16,21H,4,6-9,11H2,1-3H3,(H,23,24). The second kappa shape index (κ2) is 6.27. The van der Waals surface area contributed by atoms with Crippen molar-refractivity contribution in [3.8, 4) is 0 Å². The van der Waals surface area contributed by atoms with E-state index in [1.165, 1.54) is 0 Å². The molecule has 0 aromatic carbocycles. The van der Waals surface area contributed by atoms with E-state index in [0.717, 1.165) is 36.8 Å². The molecule has 138 valence electrons. The Morgan fingerprint density at radius 1 is 1.44 bits per heavy atom. The van der Waals surface area contributed by atoms with Crippen molar-refractivity contribution in [2.24, 2.45) is 22.7 Å². The van der Waals surface area contributed by atoms with Crippen molar-refractivity contribution in [1.82, 2.24) is 0 Å². The van der Waals surface area contributed by atoms with Gasteiger partial charge in [-0.15, -0.1) is 0 Å². The minimum atomic E-state index is -1.18. The summed E-state index contributed by atoms with van der Waals surface area (Å²) in [6.45, 7) is 6.49. The van der Waals surface area contributed by atoms with Gasteiger partial charge in [0.2, 0.25) is 0 Å². The van der Waals surface area contributed by atoms with Gasteiger partial charge in [-0.3, -0.25) is 4.79 Å². The Kier molecular flexibility index (Phi) is 4.56. The summed E-state index contributed by atoms with van der Waals surface area (Å²) >= 11 is 0. The Balaban J connectivity index is 1.95. The van der Waals surface area contributed by atoms with Gasteiger partial charge < -0.3 is 14.9 Å². The van der Waals surface area contributed by atoms with Gasteiger partial charge in [-0.1, -0.05) is 25.5 Å². The number of cyclic esters (lactones) is 1. The number of fused-ring (bicyclic) bond motifs is 1. The first-order valence-corrected chi connectivity index (χ1v) is 9.17. The average Bonchev–Trinajstić information content (AvgIpc) is 2.96. The zero-order valence-electron chi connectivity index (χ0n) is 15.2. The molecule has 0 aromatic heterocycles. The van der Waals surface area contributed by atoms with E-state index in [0.29, 0.717) is 13.0 Å². The third-order valence-corrected chi connectivity index (χ3v) is 7.19. The molecular weight excluding hydrogens is 320 g/mol. The molecule has 0 radical (unpaired) electrons. The highest BCUT2D eigenvalue weighted by Crippen LogP contribution is 2.62. The Bertz CT molecular complexity index is 648. The topological polar surface area (TPSA) is 83.8 Å². The largest absolute Gasteiger partial charge is 0.481 e. The molecule has 2 N–H and O–H groups in total. The minimum absolute atomic E-state index is 0.111. The molecule has 1 fully saturated rings. The van der Waals surface area contributed by atoms with Gasteiger partial charge in [0.25, 0.3) is 0 Å². The summed E-state index contributed by atoms with van der Waals surface area (Å²) in [6, 6.07) is 0. The normalized spacial score (nSPS) is 40.8. The molecule has 5 nitrogen and oxygen atoms in total. The lowest BCUT2D eigenvalue weighted by molar-refractivity contribution is -0.181. The van der Waals surface area contributed by atoms with Crippen LogP contribution in [0.4, 0.5) is 0 Å². The fourth-order valence-electron chi connectivity index (χ4n) is 5.49. The second-order valence-electron chi connectivity index (χ2n) is 8.26. The van der Waals surface area contributed by atoms with Crippen molar-refractivity contribution in [3.05, 3.63) is 23.3 Å². The van der Waals surface area contributed by atoms with Gasteiger partial charge >= 0.3 is 11.9 Å². The summed E-state index contributed by atoms with van der Waals surface area (Å²) < 4.78 is 4.99. The monoisotopic (exact) mass is 348 g/mol. The molecule has 0 saturated heterocycles. The molecule has 5 atom stereocenters. The Labute approximate surface area is 148 Å². The second-order valence-corrected chi connectivity index (χ2v) is 8.26. The van der Waals surface area contributed by atoms with Crippen molar-refractivity contribution in [2.45, 2.75) is 59.0 Å². The van der Waals surface area contributed by atoms with Gasteiger partial charge in [0.15, 0.2) is 0 Å². The summed E-state index contributed by atoms with van der Waals surface area (Å²) in [5, 5.41) is 20.9. The van der Waals surface area contributed by atoms with Crippen LogP contribution >= 0.6 is 0 Å². The SMILES string of the molecule is CC1=CCCC2C(C)(CCC3=CC(=O)OC3)C(C)CC(O)C12C(=O)O. The van der Waals surface area contributed by atoms with Crippen LogP contribution in [0.25, 0.3) is 0 Å². The van der Waals surface area contributed by atoms with Crippen LogP contribution in [0.2, 0.25) is 0 Å². The van der Waals surface area contributed by atoms with Crippen LogP contribution < -0.4 is 0 Å². The van der Waals surface area contributed by atoms with Gasteiger partial charge in [-0.2, -0.15) is 0 Å². The lowest BCUT2D eigenvalue weighted by Crippen LogP contribution is -2.61. The molecule has 0 bridgehead atoms. The highest BCUT2D eigenvalue weighted by atomic mass is 16.5. The molecule has 0 spiro atoms. The van der Waals surface area contributed by atoms with Gasteiger partial charge in [0.05, 0.1) is 6.10 Å². The molecule has 25 heavy (non-hydrogen) atoms. The zero-order chi connectivity index (χ0) is 18.4. The number of esters is 1. The lowest BCUT2D eigenvalue weighted by atomic mass is 9.45. The number of carbonyl (C=O) groups excluding carboxylic acids is 1. The molecule has 2 aliphatic carbocycles. The number of aliphatic carboxylic acids is 1. The zero-order valence-corrected chi connectivity index (χ0v) is 15.2. The summed E-state index contributed by atoms with van der Waals surface area (Å²) in [5.41, 5.74) is 0.379. The molecule has 3 aliphatic rings. The van der Waals surface area contributed by atoms with E-state index in [2.05, 4.69) is 13.8 Å². The highest BCUT2D eigenvalue weighted by molar-refractivity contribution is 5.85. The Morgan fingerprint density at radius 2 is 2.16 bits per heavy atom. The quantitative estimate of drug-likeness (QED) is 0.602. The molecule has 3 rings (SSSR count). The van der Waals surface area contributed by atoms with Crippen LogP contribution in [0.3, 0.4) is 0 Å². The number of aliphatic hydroxyl groups is 1. The fourth-order valence-corrected chi connectivity index (χ4v) is 5.49. The molecule has 1 heterocycles. The number of hydrogen-bond donors (Lipinski definition) is 2. The molecule has 5 unspecified atom stereocenters. The summed E-state index contributed by atoms with van der Waals surface area (Å²) in [4.78, 5) is 23.6. The third kappa shape index (κ3) is 2.64. The van der Waals surface area contributed by atoms with Crippen molar-refractivity contribution in [1.29, 1.82) is 0 Å². The molecule has 0 amide bonds. The van der Waals surface area contributed by atoms with Crippen LogP contribution in [0.15, 0.2) is 23.3 Å². The first kappa shape index (κ1) is 18.2. The van der Waals surface area contributed by atoms with E-state index in [1.807, 2.05) is 13.0 Å². The number of carbonyl (C=O) groups is 2. The minimum Gasteiger partial charge on any atom is -0.481 e. The van der Waals surface area contributed by atoms with Crippen LogP contribution in [-0.2, 0) is 14.3 Å². The number of carboxylic acids is 1. The van der Waals surface area contributed by atoms with Crippen molar-refractivity contribution in [3.63, 3.8) is 0 Å². The van der Waals surface area contributed by atoms with Gasteiger partial charge in [0, 0.05) is 6.08 Å². The number of carboxylic acid groups (broad SMARTS) is 1. The predicted molar refractivity (Wildman–Crippen MR) is 92.7 cm³/mol. The van der Waals surface area contributed by atoms with Crippen LogP contribution in [0, 0.1) is 22.7 Å².